The number of sulfonamides is 1. The smallest absolute Gasteiger partial charge is 0.322 e. The quantitative estimate of drug-likeness (QED) is 0.541. The maximum atomic E-state index is 12.8. The second-order valence-electron chi connectivity index (χ2n) is 6.15. The Kier molecular flexibility index (Phi) is 6.04. The summed E-state index contributed by atoms with van der Waals surface area (Å²) in [7, 11) is -3.90. The lowest BCUT2D eigenvalue weighted by Gasteiger charge is -2.12. The predicted octanol–water partition coefficient (Wildman–Crippen LogP) is 5.41. The van der Waals surface area contributed by atoms with Gasteiger partial charge in [0.1, 0.15) is 0 Å². The summed E-state index contributed by atoms with van der Waals surface area (Å²) in [5, 5.41) is 2.33. The minimum absolute atomic E-state index is 0.00198. The van der Waals surface area contributed by atoms with Gasteiger partial charge in [-0.2, -0.15) is 13.2 Å². The van der Waals surface area contributed by atoms with Crippen LogP contribution in [-0.4, -0.2) is 14.3 Å². The molecule has 0 heterocycles. The third-order valence-electron chi connectivity index (χ3n) is 3.96. The van der Waals surface area contributed by atoms with E-state index in [0.717, 1.165) is 18.2 Å². The SMILES string of the molecule is O=C(Nc1cccc(C(F)(F)F)c1)c1cc(NS(=O)(=O)c2ccccc2)ccc1Cl. The van der Waals surface area contributed by atoms with Gasteiger partial charge in [0.05, 0.1) is 21.0 Å². The fourth-order valence-corrected chi connectivity index (χ4v) is 3.82. The fourth-order valence-electron chi connectivity index (χ4n) is 2.55. The maximum Gasteiger partial charge on any atom is 0.416 e. The molecule has 0 saturated carbocycles. The van der Waals surface area contributed by atoms with E-state index in [1.54, 1.807) is 18.2 Å². The van der Waals surface area contributed by atoms with Gasteiger partial charge >= 0.3 is 6.18 Å². The highest BCUT2D eigenvalue weighted by molar-refractivity contribution is 7.92. The number of carbonyl (C=O) groups is 1. The van der Waals surface area contributed by atoms with Crippen LogP contribution in [0.4, 0.5) is 24.5 Å². The van der Waals surface area contributed by atoms with Crippen molar-refractivity contribution in [1.82, 2.24) is 0 Å². The highest BCUT2D eigenvalue weighted by Gasteiger charge is 2.30. The van der Waals surface area contributed by atoms with Crippen molar-refractivity contribution in [3.8, 4) is 0 Å². The number of alkyl halides is 3. The number of hydrogen-bond acceptors (Lipinski definition) is 3. The normalized spacial score (nSPS) is 11.7. The molecular weight excluding hydrogens is 441 g/mol. The molecule has 3 rings (SSSR count). The molecule has 3 aromatic carbocycles. The highest BCUT2D eigenvalue weighted by Crippen LogP contribution is 2.31. The van der Waals surface area contributed by atoms with Gasteiger partial charge in [-0.05, 0) is 48.5 Å². The van der Waals surface area contributed by atoms with Crippen LogP contribution in [0.25, 0.3) is 0 Å². The van der Waals surface area contributed by atoms with Crippen molar-refractivity contribution in [3.63, 3.8) is 0 Å². The zero-order valence-electron chi connectivity index (χ0n) is 15.1. The molecule has 0 spiro atoms. The Morgan fingerprint density at radius 1 is 0.867 bits per heavy atom. The number of carbonyl (C=O) groups excluding carboxylic acids is 1. The average molecular weight is 455 g/mol. The Balaban J connectivity index is 1.84. The molecule has 0 saturated heterocycles. The topological polar surface area (TPSA) is 75.3 Å². The molecule has 0 bridgehead atoms. The summed E-state index contributed by atoms with van der Waals surface area (Å²) < 4.78 is 65.7. The summed E-state index contributed by atoms with van der Waals surface area (Å²) in [5.74, 6) is -0.792. The molecular formula is C20H14ClF3N2O3S. The van der Waals surface area contributed by atoms with E-state index in [0.29, 0.717) is 0 Å². The molecule has 0 aliphatic heterocycles. The van der Waals surface area contributed by atoms with E-state index in [1.807, 2.05) is 0 Å². The standard InChI is InChI=1S/C20H14ClF3N2O3S/c21-18-10-9-15(26-30(28,29)16-7-2-1-3-8-16)12-17(18)19(27)25-14-6-4-5-13(11-14)20(22,23)24/h1-12,26H,(H,25,27). The maximum absolute atomic E-state index is 12.8. The molecule has 0 aliphatic carbocycles. The number of anilines is 2. The van der Waals surface area contributed by atoms with Crippen molar-refractivity contribution in [2.24, 2.45) is 0 Å². The molecule has 0 atom stereocenters. The number of rotatable bonds is 5. The van der Waals surface area contributed by atoms with Crippen LogP contribution in [0, 0.1) is 0 Å². The van der Waals surface area contributed by atoms with Gasteiger partial charge in [-0.15, -0.1) is 0 Å². The first-order chi connectivity index (χ1) is 14.1. The fraction of sp³-hybridized carbons (Fsp3) is 0.0500. The van der Waals surface area contributed by atoms with Crippen molar-refractivity contribution in [3.05, 3.63) is 88.9 Å². The van der Waals surface area contributed by atoms with Crippen molar-refractivity contribution in [1.29, 1.82) is 0 Å². The molecule has 3 aromatic rings. The third kappa shape index (κ3) is 5.11. The number of halogens is 4. The molecule has 1 amide bonds. The van der Waals surface area contributed by atoms with Crippen molar-refractivity contribution >= 4 is 38.9 Å². The second kappa shape index (κ2) is 8.37. The highest BCUT2D eigenvalue weighted by atomic mass is 35.5. The van der Waals surface area contributed by atoms with Crippen LogP contribution in [0.15, 0.2) is 77.7 Å². The van der Waals surface area contributed by atoms with Gasteiger partial charge in [0.15, 0.2) is 0 Å². The Bertz CT molecular complexity index is 1180. The monoisotopic (exact) mass is 454 g/mol. The first kappa shape index (κ1) is 21.7. The van der Waals surface area contributed by atoms with Crippen LogP contribution in [0.5, 0.6) is 0 Å². The van der Waals surface area contributed by atoms with E-state index in [9.17, 15) is 26.4 Å². The number of benzene rings is 3. The minimum Gasteiger partial charge on any atom is -0.322 e. The molecule has 5 nitrogen and oxygen atoms in total. The molecule has 2 N–H and O–H groups in total. The predicted molar refractivity (Wildman–Crippen MR) is 108 cm³/mol. The molecule has 156 valence electrons. The summed E-state index contributed by atoms with van der Waals surface area (Å²) in [5.41, 5.74) is -1.04. The molecule has 0 aromatic heterocycles. The first-order valence-corrected chi connectivity index (χ1v) is 10.3. The number of amides is 1. The van der Waals surface area contributed by atoms with Gasteiger partial charge in [0.2, 0.25) is 0 Å². The Hall–Kier alpha value is -3.04. The molecule has 0 radical (unpaired) electrons. The van der Waals surface area contributed by atoms with Crippen LogP contribution >= 0.6 is 11.6 Å². The largest absolute Gasteiger partial charge is 0.416 e. The van der Waals surface area contributed by atoms with Gasteiger partial charge < -0.3 is 5.32 Å². The van der Waals surface area contributed by atoms with E-state index >= 15 is 0 Å². The number of nitrogens with one attached hydrogen (secondary N) is 2. The summed E-state index contributed by atoms with van der Waals surface area (Å²) in [6.45, 7) is 0. The first-order valence-electron chi connectivity index (χ1n) is 8.42. The summed E-state index contributed by atoms with van der Waals surface area (Å²) in [6, 6.07) is 15.6. The van der Waals surface area contributed by atoms with E-state index in [1.165, 1.54) is 36.4 Å². The van der Waals surface area contributed by atoms with Gasteiger partial charge in [0.25, 0.3) is 15.9 Å². The Morgan fingerprint density at radius 2 is 1.57 bits per heavy atom. The lowest BCUT2D eigenvalue weighted by Crippen LogP contribution is -2.16. The Morgan fingerprint density at radius 3 is 2.23 bits per heavy atom. The molecule has 30 heavy (non-hydrogen) atoms. The number of hydrogen-bond donors (Lipinski definition) is 2. The molecule has 10 heteroatoms. The minimum atomic E-state index is -4.56. The van der Waals surface area contributed by atoms with Crippen LogP contribution in [0.1, 0.15) is 15.9 Å². The van der Waals surface area contributed by atoms with Crippen LogP contribution in [-0.2, 0) is 16.2 Å². The zero-order chi connectivity index (χ0) is 21.9. The van der Waals surface area contributed by atoms with Gasteiger partial charge in [0, 0.05) is 11.4 Å². The van der Waals surface area contributed by atoms with E-state index < -0.39 is 27.7 Å². The van der Waals surface area contributed by atoms with Crippen molar-refractivity contribution < 1.29 is 26.4 Å². The van der Waals surface area contributed by atoms with Crippen LogP contribution in [0.3, 0.4) is 0 Å². The van der Waals surface area contributed by atoms with E-state index in [4.69, 9.17) is 11.6 Å². The molecule has 0 aliphatic rings. The third-order valence-corrected chi connectivity index (χ3v) is 5.69. The van der Waals surface area contributed by atoms with E-state index in [-0.39, 0.29) is 26.9 Å². The summed E-state index contributed by atoms with van der Waals surface area (Å²) >= 11 is 6.03. The lowest BCUT2D eigenvalue weighted by molar-refractivity contribution is -0.137. The Labute approximate surface area is 175 Å². The molecule has 0 unspecified atom stereocenters. The lowest BCUT2D eigenvalue weighted by atomic mass is 10.1. The summed E-state index contributed by atoms with van der Waals surface area (Å²) in [6.07, 6.45) is -4.56. The van der Waals surface area contributed by atoms with Crippen molar-refractivity contribution in [2.45, 2.75) is 11.1 Å². The van der Waals surface area contributed by atoms with Gasteiger partial charge in [-0.25, -0.2) is 8.42 Å². The average Bonchev–Trinajstić information content (AvgIpc) is 2.69. The van der Waals surface area contributed by atoms with Gasteiger partial charge in [-0.3, -0.25) is 9.52 Å². The zero-order valence-corrected chi connectivity index (χ0v) is 16.6. The van der Waals surface area contributed by atoms with Gasteiger partial charge in [-0.1, -0.05) is 35.9 Å². The van der Waals surface area contributed by atoms with E-state index in [2.05, 4.69) is 10.0 Å². The molecule has 0 fully saturated rings. The van der Waals surface area contributed by atoms with Crippen LogP contribution < -0.4 is 10.0 Å². The van der Waals surface area contributed by atoms with Crippen molar-refractivity contribution in [2.75, 3.05) is 10.0 Å². The summed E-state index contributed by atoms with van der Waals surface area (Å²) in [4.78, 5) is 12.6. The second-order valence-corrected chi connectivity index (χ2v) is 8.24. The van der Waals surface area contributed by atoms with Crippen LogP contribution in [0.2, 0.25) is 5.02 Å².